The van der Waals surface area contributed by atoms with Gasteiger partial charge in [-0.15, -0.1) is 6.42 Å². The van der Waals surface area contributed by atoms with Crippen molar-refractivity contribution in [3.8, 4) is 12.3 Å². The number of halogens is 2. The lowest BCUT2D eigenvalue weighted by atomic mass is 9.94. The zero-order valence-electron chi connectivity index (χ0n) is 17.3. The quantitative estimate of drug-likeness (QED) is 0.622. The van der Waals surface area contributed by atoms with Gasteiger partial charge in [-0.3, -0.25) is 4.79 Å². The van der Waals surface area contributed by atoms with Crippen LogP contribution < -0.4 is 10.2 Å². The lowest BCUT2D eigenvalue weighted by molar-refractivity contribution is -0.123. The van der Waals surface area contributed by atoms with E-state index in [4.69, 9.17) is 6.42 Å². The fourth-order valence-corrected chi connectivity index (χ4v) is 4.18. The Kier molecular flexibility index (Phi) is 7.46. The van der Waals surface area contributed by atoms with Gasteiger partial charge in [0.1, 0.15) is 17.7 Å². The van der Waals surface area contributed by atoms with Crippen LogP contribution in [-0.2, 0) is 4.79 Å². The number of carbonyl (C=O) groups excluding carboxylic acids is 1. The third kappa shape index (κ3) is 4.81. The number of nitrogens with zero attached hydrogens (tertiary/aromatic N) is 1. The van der Waals surface area contributed by atoms with E-state index in [1.54, 1.807) is 41.3 Å². The van der Waals surface area contributed by atoms with Crippen LogP contribution in [0.2, 0.25) is 0 Å². The molecule has 0 aromatic heterocycles. The lowest BCUT2D eigenvalue weighted by Gasteiger charge is -2.38. The summed E-state index contributed by atoms with van der Waals surface area (Å²) in [5.41, 5.74) is 0.372. The van der Waals surface area contributed by atoms with Crippen molar-refractivity contribution in [1.82, 2.24) is 5.32 Å². The van der Waals surface area contributed by atoms with Gasteiger partial charge < -0.3 is 10.2 Å². The Morgan fingerprint density at radius 1 is 1.10 bits per heavy atom. The summed E-state index contributed by atoms with van der Waals surface area (Å²) in [6, 6.07) is 10.7. The lowest BCUT2D eigenvalue weighted by Crippen LogP contribution is -2.48. The number of para-hydroxylation sites is 1. The summed E-state index contributed by atoms with van der Waals surface area (Å²) in [4.78, 5) is 15.1. The maximum Gasteiger partial charge on any atom is 0.247 e. The van der Waals surface area contributed by atoms with Gasteiger partial charge >= 0.3 is 0 Å². The molecule has 1 aliphatic rings. The van der Waals surface area contributed by atoms with Gasteiger partial charge in [0, 0.05) is 11.6 Å². The Hall–Kier alpha value is -2.87. The average Bonchev–Trinajstić information content (AvgIpc) is 2.76. The maximum absolute atomic E-state index is 14.9. The predicted octanol–water partition coefficient (Wildman–Crippen LogP) is 5.37. The van der Waals surface area contributed by atoms with Crippen LogP contribution in [0.15, 0.2) is 48.5 Å². The summed E-state index contributed by atoms with van der Waals surface area (Å²) in [7, 11) is 0. The third-order valence-corrected chi connectivity index (χ3v) is 5.72. The highest BCUT2D eigenvalue weighted by molar-refractivity contribution is 5.87. The Morgan fingerprint density at radius 3 is 2.33 bits per heavy atom. The van der Waals surface area contributed by atoms with Crippen molar-refractivity contribution < 1.29 is 13.6 Å². The van der Waals surface area contributed by atoms with Crippen molar-refractivity contribution in [3.63, 3.8) is 0 Å². The highest BCUT2D eigenvalue weighted by Gasteiger charge is 2.36. The van der Waals surface area contributed by atoms with Crippen LogP contribution >= 0.6 is 0 Å². The highest BCUT2D eigenvalue weighted by Crippen LogP contribution is 2.34. The number of hydrogen-bond acceptors (Lipinski definition) is 2. The largest absolute Gasteiger partial charge is 0.351 e. The molecule has 5 heteroatoms. The number of benzene rings is 2. The minimum atomic E-state index is -1.08. The predicted molar refractivity (Wildman–Crippen MR) is 116 cm³/mol. The number of terminal acetylenes is 1. The van der Waals surface area contributed by atoms with Gasteiger partial charge in [0.25, 0.3) is 0 Å². The van der Waals surface area contributed by atoms with E-state index in [1.807, 2.05) is 6.92 Å². The SMILES string of the molecule is C#CC(CC)N(c1ccccc1F)C(C(=O)NC1CCCCC1)c1ccccc1F. The first-order valence-corrected chi connectivity index (χ1v) is 10.6. The number of carbonyl (C=O) groups is 1. The van der Waals surface area contributed by atoms with E-state index in [-0.39, 0.29) is 23.2 Å². The van der Waals surface area contributed by atoms with Crippen molar-refractivity contribution in [2.75, 3.05) is 4.90 Å². The summed E-state index contributed by atoms with van der Waals surface area (Å²) in [6.07, 6.45) is 11.3. The Morgan fingerprint density at radius 2 is 1.73 bits per heavy atom. The van der Waals surface area contributed by atoms with Crippen molar-refractivity contribution >= 4 is 11.6 Å². The Labute approximate surface area is 177 Å². The molecule has 30 heavy (non-hydrogen) atoms. The van der Waals surface area contributed by atoms with Crippen LogP contribution in [0.5, 0.6) is 0 Å². The second kappa shape index (κ2) is 10.2. The molecule has 1 amide bonds. The molecule has 1 saturated carbocycles. The normalized spacial score (nSPS) is 16.3. The van der Waals surface area contributed by atoms with Crippen LogP contribution in [0.4, 0.5) is 14.5 Å². The first-order chi connectivity index (χ1) is 14.6. The zero-order valence-corrected chi connectivity index (χ0v) is 17.3. The fourth-order valence-electron chi connectivity index (χ4n) is 4.18. The molecule has 2 aromatic carbocycles. The van der Waals surface area contributed by atoms with Gasteiger partial charge in [0.05, 0.1) is 11.7 Å². The molecule has 0 heterocycles. The molecular weight excluding hydrogens is 382 g/mol. The molecule has 158 valence electrons. The van der Waals surface area contributed by atoms with Gasteiger partial charge in [-0.1, -0.05) is 62.4 Å². The average molecular weight is 411 g/mol. The third-order valence-electron chi connectivity index (χ3n) is 5.72. The summed E-state index contributed by atoms with van der Waals surface area (Å²) >= 11 is 0. The summed E-state index contributed by atoms with van der Waals surface area (Å²) < 4.78 is 29.7. The van der Waals surface area contributed by atoms with Crippen LogP contribution in [0.25, 0.3) is 0 Å². The molecule has 0 spiro atoms. The van der Waals surface area contributed by atoms with Gasteiger partial charge in [-0.2, -0.15) is 0 Å². The minimum Gasteiger partial charge on any atom is -0.351 e. The summed E-state index contributed by atoms with van der Waals surface area (Å²) in [5.74, 6) is 1.28. The molecule has 1 fully saturated rings. The van der Waals surface area contributed by atoms with E-state index < -0.39 is 23.7 Å². The van der Waals surface area contributed by atoms with E-state index in [0.29, 0.717) is 6.42 Å². The second-order valence-corrected chi connectivity index (χ2v) is 7.72. The standard InChI is InChI=1S/C25H28F2N2O/c1-3-19(4-2)29(23-17-11-10-16-22(23)27)24(20-14-8-9-15-21(20)26)25(30)28-18-12-6-5-7-13-18/h1,8-11,14-19,24H,4-7,12-13H2,2H3,(H,28,30). The molecule has 0 bridgehead atoms. The molecule has 3 nitrogen and oxygen atoms in total. The van der Waals surface area contributed by atoms with Gasteiger partial charge in [-0.05, 0) is 37.5 Å². The molecule has 1 N–H and O–H groups in total. The molecule has 1 aliphatic carbocycles. The topological polar surface area (TPSA) is 32.3 Å². The van der Waals surface area contributed by atoms with E-state index in [9.17, 15) is 13.6 Å². The van der Waals surface area contributed by atoms with Gasteiger partial charge in [0.15, 0.2) is 0 Å². The van der Waals surface area contributed by atoms with Gasteiger partial charge in [-0.25, -0.2) is 8.78 Å². The van der Waals surface area contributed by atoms with E-state index in [0.717, 1.165) is 32.1 Å². The van der Waals surface area contributed by atoms with Crippen molar-refractivity contribution in [2.24, 2.45) is 0 Å². The molecule has 2 unspecified atom stereocenters. The first-order valence-electron chi connectivity index (χ1n) is 10.6. The minimum absolute atomic E-state index is 0.0360. The molecule has 0 radical (unpaired) electrons. The van der Waals surface area contributed by atoms with Crippen molar-refractivity contribution in [2.45, 2.75) is 63.6 Å². The molecule has 2 aromatic rings. The second-order valence-electron chi connectivity index (χ2n) is 7.72. The smallest absolute Gasteiger partial charge is 0.247 e. The van der Waals surface area contributed by atoms with E-state index >= 15 is 0 Å². The molecule has 2 atom stereocenters. The molecule has 3 rings (SSSR count). The number of amides is 1. The number of nitrogens with one attached hydrogen (secondary N) is 1. The van der Waals surface area contributed by atoms with E-state index in [2.05, 4.69) is 11.2 Å². The van der Waals surface area contributed by atoms with Crippen molar-refractivity contribution in [3.05, 3.63) is 65.7 Å². The van der Waals surface area contributed by atoms with Crippen LogP contribution in [0, 0.1) is 24.0 Å². The molecular formula is C25H28F2N2O. The monoisotopic (exact) mass is 410 g/mol. The maximum atomic E-state index is 14.9. The molecule has 0 saturated heterocycles. The summed E-state index contributed by atoms with van der Waals surface area (Å²) in [5, 5.41) is 3.08. The number of hydrogen-bond donors (Lipinski definition) is 1. The van der Waals surface area contributed by atoms with Crippen LogP contribution in [0.3, 0.4) is 0 Å². The molecule has 0 aliphatic heterocycles. The zero-order chi connectivity index (χ0) is 21.5. The fraction of sp³-hybridized carbons (Fsp3) is 0.400. The number of anilines is 1. The highest BCUT2D eigenvalue weighted by atomic mass is 19.1. The van der Waals surface area contributed by atoms with Crippen LogP contribution in [0.1, 0.15) is 57.1 Å². The number of rotatable bonds is 7. The summed E-state index contributed by atoms with van der Waals surface area (Å²) in [6.45, 7) is 1.87. The first kappa shape index (κ1) is 21.8. The Bertz CT molecular complexity index is 902. The van der Waals surface area contributed by atoms with Gasteiger partial charge in [0.2, 0.25) is 5.91 Å². The van der Waals surface area contributed by atoms with E-state index in [1.165, 1.54) is 12.1 Å². The van der Waals surface area contributed by atoms with Crippen LogP contribution in [-0.4, -0.2) is 18.0 Å². The van der Waals surface area contributed by atoms with Crippen molar-refractivity contribution in [1.29, 1.82) is 0 Å². The Balaban J connectivity index is 2.09.